The van der Waals surface area contributed by atoms with Crippen LogP contribution in [0.4, 0.5) is 11.4 Å². The number of nitro groups is 1. The molecule has 142 valence electrons. The second-order valence-electron chi connectivity index (χ2n) is 6.15. The van der Waals surface area contributed by atoms with E-state index in [9.17, 15) is 19.7 Å². The highest BCUT2D eigenvalue weighted by molar-refractivity contribution is 6.04. The second kappa shape index (κ2) is 8.79. The summed E-state index contributed by atoms with van der Waals surface area (Å²) >= 11 is 0. The van der Waals surface area contributed by atoms with Gasteiger partial charge in [0.15, 0.2) is 11.9 Å². The van der Waals surface area contributed by atoms with Crippen molar-refractivity contribution in [2.75, 3.05) is 5.32 Å². The largest absolute Gasteiger partial charge is 0.474 e. The van der Waals surface area contributed by atoms with Crippen molar-refractivity contribution in [2.24, 2.45) is 0 Å². The summed E-state index contributed by atoms with van der Waals surface area (Å²) < 4.78 is 5.45. The maximum Gasteiger partial charge on any atom is 0.310 e. The summed E-state index contributed by atoms with van der Waals surface area (Å²) in [7, 11) is 0. The minimum atomic E-state index is -1.01. The van der Waals surface area contributed by atoms with Crippen LogP contribution < -0.4 is 15.4 Å². The molecule has 0 saturated heterocycles. The van der Waals surface area contributed by atoms with Crippen LogP contribution in [0.3, 0.4) is 0 Å². The molecule has 0 aliphatic rings. The van der Waals surface area contributed by atoms with Crippen molar-refractivity contribution in [3.8, 4) is 5.75 Å². The fourth-order valence-corrected chi connectivity index (χ4v) is 2.32. The predicted molar refractivity (Wildman–Crippen MR) is 101 cm³/mol. The number of nitrogens with zero attached hydrogens (tertiary/aromatic N) is 1. The minimum Gasteiger partial charge on any atom is -0.474 e. The molecule has 2 N–H and O–H groups in total. The van der Waals surface area contributed by atoms with Gasteiger partial charge in [-0.2, -0.15) is 0 Å². The first-order valence-corrected chi connectivity index (χ1v) is 8.40. The van der Waals surface area contributed by atoms with Crippen LogP contribution in [0.2, 0.25) is 0 Å². The van der Waals surface area contributed by atoms with Crippen LogP contribution in [0.25, 0.3) is 0 Å². The Hall–Kier alpha value is -3.42. The van der Waals surface area contributed by atoms with Crippen molar-refractivity contribution in [1.29, 1.82) is 0 Å². The number of ether oxygens (including phenoxy) is 1. The van der Waals surface area contributed by atoms with Gasteiger partial charge in [-0.25, -0.2) is 0 Å². The summed E-state index contributed by atoms with van der Waals surface area (Å²) in [5.41, 5.74) is 0.421. The molecule has 2 aromatic carbocycles. The Bertz CT molecular complexity index is 851. The van der Waals surface area contributed by atoms with Crippen molar-refractivity contribution in [1.82, 2.24) is 5.32 Å². The number of hydrogen-bond donors (Lipinski definition) is 2. The second-order valence-corrected chi connectivity index (χ2v) is 6.15. The molecule has 2 aromatic rings. The molecular weight excluding hydrogens is 350 g/mol. The van der Waals surface area contributed by atoms with Gasteiger partial charge in [-0.3, -0.25) is 19.7 Å². The van der Waals surface area contributed by atoms with Crippen LogP contribution in [0.1, 0.15) is 31.1 Å². The fraction of sp³-hybridized carbons (Fsp3) is 0.263. The molecule has 1 unspecified atom stereocenters. The zero-order valence-corrected chi connectivity index (χ0v) is 15.3. The third-order valence-electron chi connectivity index (χ3n) is 3.58. The zero-order chi connectivity index (χ0) is 20.0. The molecule has 0 bridgehead atoms. The summed E-state index contributed by atoms with van der Waals surface area (Å²) in [5.74, 6) is -0.845. The van der Waals surface area contributed by atoms with E-state index in [1.807, 2.05) is 13.8 Å². The monoisotopic (exact) mass is 371 g/mol. The molecule has 27 heavy (non-hydrogen) atoms. The van der Waals surface area contributed by atoms with Crippen LogP contribution in [0, 0.1) is 10.1 Å². The number of nitro benzene ring substituents is 1. The molecular formula is C19H21N3O5. The molecule has 8 nitrogen and oxygen atoms in total. The first kappa shape index (κ1) is 19.9. The normalized spacial score (nSPS) is 11.6. The van der Waals surface area contributed by atoms with Crippen LogP contribution in [0.5, 0.6) is 5.75 Å². The number of rotatable bonds is 7. The topological polar surface area (TPSA) is 111 Å². The Morgan fingerprint density at radius 1 is 1.04 bits per heavy atom. The van der Waals surface area contributed by atoms with Gasteiger partial charge in [0.1, 0.15) is 0 Å². The van der Waals surface area contributed by atoms with Gasteiger partial charge in [-0.05, 0) is 39.0 Å². The Balaban J connectivity index is 2.14. The molecule has 0 aliphatic carbocycles. The van der Waals surface area contributed by atoms with Crippen molar-refractivity contribution >= 4 is 23.2 Å². The SMILES string of the molecule is CC(C)NC(=O)c1ccccc1NC(=O)C(C)Oc1ccccc1[N+](=O)[O-]. The van der Waals surface area contributed by atoms with Crippen LogP contribution in [-0.2, 0) is 4.79 Å². The summed E-state index contributed by atoms with van der Waals surface area (Å²) in [5, 5.41) is 16.5. The Morgan fingerprint density at radius 3 is 2.33 bits per heavy atom. The van der Waals surface area contributed by atoms with Gasteiger partial charge in [-0.15, -0.1) is 0 Å². The Labute approximate surface area is 156 Å². The van der Waals surface area contributed by atoms with E-state index in [1.165, 1.54) is 25.1 Å². The number of benzene rings is 2. The number of carbonyl (C=O) groups is 2. The maximum atomic E-state index is 12.5. The minimum absolute atomic E-state index is 0.00372. The number of nitrogens with one attached hydrogen (secondary N) is 2. The lowest BCUT2D eigenvalue weighted by Crippen LogP contribution is -2.33. The van der Waals surface area contributed by atoms with Crippen molar-refractivity contribution in [2.45, 2.75) is 32.9 Å². The van der Waals surface area contributed by atoms with E-state index in [-0.39, 0.29) is 23.4 Å². The molecule has 0 radical (unpaired) electrons. The lowest BCUT2D eigenvalue weighted by molar-refractivity contribution is -0.386. The molecule has 0 fully saturated rings. The van der Waals surface area contributed by atoms with Crippen molar-refractivity contribution in [3.63, 3.8) is 0 Å². The number of anilines is 1. The fourth-order valence-electron chi connectivity index (χ4n) is 2.32. The summed E-state index contributed by atoms with van der Waals surface area (Å²) in [6.07, 6.45) is -1.01. The Kier molecular flexibility index (Phi) is 6.48. The average molecular weight is 371 g/mol. The van der Waals surface area contributed by atoms with Gasteiger partial charge in [0.2, 0.25) is 0 Å². The smallest absolute Gasteiger partial charge is 0.310 e. The number of amides is 2. The first-order chi connectivity index (χ1) is 12.8. The molecule has 1 atom stereocenters. The molecule has 2 amide bonds. The molecule has 0 spiro atoms. The molecule has 0 aliphatic heterocycles. The molecule has 0 saturated carbocycles. The van der Waals surface area contributed by atoms with Gasteiger partial charge in [0, 0.05) is 12.1 Å². The highest BCUT2D eigenvalue weighted by Gasteiger charge is 2.22. The van der Waals surface area contributed by atoms with Gasteiger partial charge in [0.05, 0.1) is 16.2 Å². The van der Waals surface area contributed by atoms with Crippen LogP contribution in [-0.4, -0.2) is 28.9 Å². The van der Waals surface area contributed by atoms with E-state index < -0.39 is 16.9 Å². The van der Waals surface area contributed by atoms with E-state index >= 15 is 0 Å². The van der Waals surface area contributed by atoms with Crippen LogP contribution in [0.15, 0.2) is 48.5 Å². The highest BCUT2D eigenvalue weighted by atomic mass is 16.6. The quantitative estimate of drug-likeness (QED) is 0.574. The highest BCUT2D eigenvalue weighted by Crippen LogP contribution is 2.27. The maximum absolute atomic E-state index is 12.5. The van der Waals surface area contributed by atoms with Gasteiger partial charge in [0.25, 0.3) is 11.8 Å². The molecule has 0 heterocycles. The lowest BCUT2D eigenvalue weighted by atomic mass is 10.1. The number of hydrogen-bond acceptors (Lipinski definition) is 5. The molecule has 8 heteroatoms. The van der Waals surface area contributed by atoms with Crippen molar-refractivity contribution in [3.05, 3.63) is 64.2 Å². The van der Waals surface area contributed by atoms with Crippen LogP contribution >= 0.6 is 0 Å². The van der Waals surface area contributed by atoms with E-state index in [0.29, 0.717) is 11.3 Å². The summed E-state index contributed by atoms with van der Waals surface area (Å²) in [6, 6.07) is 12.3. The standard InChI is InChI=1S/C19H21N3O5/c1-12(2)20-19(24)14-8-4-5-9-15(14)21-18(23)13(3)27-17-11-7-6-10-16(17)22(25)26/h4-13H,1-3H3,(H,20,24)(H,21,23). The molecule has 0 aromatic heterocycles. The van der Waals surface area contributed by atoms with E-state index in [4.69, 9.17) is 4.74 Å². The summed E-state index contributed by atoms with van der Waals surface area (Å²) in [4.78, 5) is 35.2. The van der Waals surface area contributed by atoms with Crippen molar-refractivity contribution < 1.29 is 19.2 Å². The van der Waals surface area contributed by atoms with Gasteiger partial charge in [-0.1, -0.05) is 24.3 Å². The zero-order valence-electron chi connectivity index (χ0n) is 15.3. The van der Waals surface area contributed by atoms with Gasteiger partial charge < -0.3 is 15.4 Å². The predicted octanol–water partition coefficient (Wildman–Crippen LogP) is 3.14. The third kappa shape index (κ3) is 5.27. The number of para-hydroxylation sites is 3. The Morgan fingerprint density at radius 2 is 1.67 bits per heavy atom. The van der Waals surface area contributed by atoms with Gasteiger partial charge >= 0.3 is 5.69 Å². The lowest BCUT2D eigenvalue weighted by Gasteiger charge is -2.17. The number of carbonyl (C=O) groups excluding carboxylic acids is 2. The van der Waals surface area contributed by atoms with E-state index in [2.05, 4.69) is 10.6 Å². The first-order valence-electron chi connectivity index (χ1n) is 8.40. The average Bonchev–Trinajstić information content (AvgIpc) is 2.61. The third-order valence-corrected chi connectivity index (χ3v) is 3.58. The van der Waals surface area contributed by atoms with E-state index in [1.54, 1.807) is 30.3 Å². The summed E-state index contributed by atoms with van der Waals surface area (Å²) in [6.45, 7) is 5.15. The molecule has 2 rings (SSSR count). The van der Waals surface area contributed by atoms with E-state index in [0.717, 1.165) is 0 Å².